The second-order valence-corrected chi connectivity index (χ2v) is 6.18. The van der Waals surface area contributed by atoms with Gasteiger partial charge >= 0.3 is 5.97 Å². The number of carbonyl (C=O) groups excluding carboxylic acids is 1. The lowest BCUT2D eigenvalue weighted by atomic mass is 10.0. The zero-order valence-corrected chi connectivity index (χ0v) is 13.1. The van der Waals surface area contributed by atoms with Crippen LogP contribution in [0.2, 0.25) is 0 Å². The summed E-state index contributed by atoms with van der Waals surface area (Å²) in [4.78, 5) is 13.4. The van der Waals surface area contributed by atoms with Crippen LogP contribution in [-0.4, -0.2) is 18.2 Å². The van der Waals surface area contributed by atoms with Crippen molar-refractivity contribution in [3.05, 3.63) is 53.6 Å². The van der Waals surface area contributed by atoms with Gasteiger partial charge in [-0.05, 0) is 41.8 Å². The van der Waals surface area contributed by atoms with Gasteiger partial charge in [0.1, 0.15) is 5.75 Å². The van der Waals surface area contributed by atoms with Crippen LogP contribution in [0.3, 0.4) is 0 Å². The van der Waals surface area contributed by atoms with Crippen molar-refractivity contribution >= 4 is 17.7 Å². The fraction of sp³-hybridized carbons (Fsp3) is 0.235. The molecule has 0 amide bonds. The third-order valence-electron chi connectivity index (χ3n) is 3.09. The van der Waals surface area contributed by atoms with Gasteiger partial charge < -0.3 is 9.84 Å². The Morgan fingerprint density at radius 3 is 2.33 bits per heavy atom. The molecule has 2 rings (SSSR count). The molecule has 2 aromatic rings. The van der Waals surface area contributed by atoms with E-state index in [2.05, 4.69) is 30.7 Å². The van der Waals surface area contributed by atoms with Crippen molar-refractivity contribution in [2.24, 2.45) is 0 Å². The largest absolute Gasteiger partial charge is 0.508 e. The Balaban J connectivity index is 2.22. The Morgan fingerprint density at radius 2 is 1.76 bits per heavy atom. The molecule has 0 aliphatic rings. The molecule has 2 aromatic carbocycles. The minimum atomic E-state index is -0.456. The van der Waals surface area contributed by atoms with Crippen LogP contribution in [0.4, 0.5) is 0 Å². The van der Waals surface area contributed by atoms with Crippen molar-refractivity contribution in [3.63, 3.8) is 0 Å². The molecule has 4 heteroatoms. The maximum atomic E-state index is 11.5. The summed E-state index contributed by atoms with van der Waals surface area (Å²) in [5.74, 6) is 0.0952. The lowest BCUT2D eigenvalue weighted by Crippen LogP contribution is -2.00. The maximum absolute atomic E-state index is 11.5. The molecule has 0 unspecified atom stereocenters. The number of phenolic OH excluding ortho intramolecular Hbond substituents is 1. The van der Waals surface area contributed by atoms with Crippen LogP contribution in [-0.2, 0) is 4.74 Å². The monoisotopic (exact) mass is 302 g/mol. The molecule has 1 N–H and O–H groups in total. The number of hydrogen-bond donors (Lipinski definition) is 1. The van der Waals surface area contributed by atoms with Gasteiger partial charge in [-0.3, -0.25) is 0 Å². The summed E-state index contributed by atoms with van der Waals surface area (Å²) >= 11 is 1.50. The highest BCUT2D eigenvalue weighted by Crippen LogP contribution is 2.32. The summed E-state index contributed by atoms with van der Waals surface area (Å²) in [7, 11) is 1.32. The summed E-state index contributed by atoms with van der Waals surface area (Å²) < 4.78 is 4.68. The zero-order valence-electron chi connectivity index (χ0n) is 12.3. The van der Waals surface area contributed by atoms with Gasteiger partial charge in [0, 0.05) is 9.79 Å². The van der Waals surface area contributed by atoms with E-state index < -0.39 is 5.97 Å². The standard InChI is InChI=1S/C17H18O3S/c1-11(2)12-4-6-15(7-5-12)21-16-9-13(17(19)20-3)8-14(18)10-16/h4-11,18H,1-3H3. The average molecular weight is 302 g/mol. The van der Waals surface area contributed by atoms with Crippen LogP contribution in [0.1, 0.15) is 35.7 Å². The van der Waals surface area contributed by atoms with E-state index in [9.17, 15) is 9.90 Å². The van der Waals surface area contributed by atoms with E-state index in [4.69, 9.17) is 0 Å². The smallest absolute Gasteiger partial charge is 0.338 e. The number of aromatic hydroxyl groups is 1. The fourth-order valence-electron chi connectivity index (χ4n) is 1.93. The second kappa shape index (κ2) is 6.68. The van der Waals surface area contributed by atoms with Crippen molar-refractivity contribution in [2.45, 2.75) is 29.6 Å². The van der Waals surface area contributed by atoms with Crippen LogP contribution in [0, 0.1) is 0 Å². The van der Waals surface area contributed by atoms with E-state index in [-0.39, 0.29) is 5.75 Å². The van der Waals surface area contributed by atoms with Crippen molar-refractivity contribution < 1.29 is 14.6 Å². The molecule has 3 nitrogen and oxygen atoms in total. The first kappa shape index (κ1) is 15.4. The van der Waals surface area contributed by atoms with E-state index in [1.807, 2.05) is 12.1 Å². The number of carbonyl (C=O) groups is 1. The molecule has 0 heterocycles. The number of phenols is 1. The molecule has 0 spiro atoms. The molecular formula is C17H18O3S. The molecule has 0 saturated carbocycles. The van der Waals surface area contributed by atoms with Gasteiger partial charge in [0.2, 0.25) is 0 Å². The Hall–Kier alpha value is -1.94. The molecule has 0 fully saturated rings. The predicted molar refractivity (Wildman–Crippen MR) is 84.1 cm³/mol. The van der Waals surface area contributed by atoms with Crippen LogP contribution >= 0.6 is 11.8 Å². The minimum Gasteiger partial charge on any atom is -0.508 e. The highest BCUT2D eigenvalue weighted by atomic mass is 32.2. The third-order valence-corrected chi connectivity index (χ3v) is 4.07. The summed E-state index contributed by atoms with van der Waals surface area (Å²) in [6.07, 6.45) is 0. The van der Waals surface area contributed by atoms with Crippen molar-refractivity contribution in [1.29, 1.82) is 0 Å². The number of ether oxygens (including phenoxy) is 1. The van der Waals surface area contributed by atoms with E-state index >= 15 is 0 Å². The summed E-state index contributed by atoms with van der Waals surface area (Å²) in [6, 6.07) is 13.0. The summed E-state index contributed by atoms with van der Waals surface area (Å²) in [5, 5.41) is 9.71. The van der Waals surface area contributed by atoms with Crippen molar-refractivity contribution in [1.82, 2.24) is 0 Å². The van der Waals surface area contributed by atoms with Gasteiger partial charge in [-0.15, -0.1) is 0 Å². The average Bonchev–Trinajstić information content (AvgIpc) is 2.46. The normalized spacial score (nSPS) is 10.7. The van der Waals surface area contributed by atoms with E-state index in [1.165, 1.54) is 30.5 Å². The van der Waals surface area contributed by atoms with Gasteiger partial charge in [-0.2, -0.15) is 0 Å². The summed E-state index contributed by atoms with van der Waals surface area (Å²) in [5.41, 5.74) is 1.63. The topological polar surface area (TPSA) is 46.5 Å². The van der Waals surface area contributed by atoms with E-state index in [1.54, 1.807) is 12.1 Å². The van der Waals surface area contributed by atoms with Crippen LogP contribution in [0.15, 0.2) is 52.3 Å². The number of hydrogen-bond acceptors (Lipinski definition) is 4. The number of esters is 1. The Kier molecular flexibility index (Phi) is 4.91. The van der Waals surface area contributed by atoms with E-state index in [0.29, 0.717) is 11.5 Å². The molecular weight excluding hydrogens is 284 g/mol. The van der Waals surface area contributed by atoms with Crippen LogP contribution < -0.4 is 0 Å². The van der Waals surface area contributed by atoms with E-state index in [0.717, 1.165) is 9.79 Å². The van der Waals surface area contributed by atoms with Gasteiger partial charge in [0.25, 0.3) is 0 Å². The van der Waals surface area contributed by atoms with Crippen LogP contribution in [0.25, 0.3) is 0 Å². The number of methoxy groups -OCH3 is 1. The molecule has 0 aromatic heterocycles. The minimum absolute atomic E-state index is 0.0548. The van der Waals surface area contributed by atoms with Crippen LogP contribution in [0.5, 0.6) is 5.75 Å². The first-order valence-electron chi connectivity index (χ1n) is 6.70. The molecule has 0 saturated heterocycles. The van der Waals surface area contributed by atoms with Gasteiger partial charge in [-0.1, -0.05) is 37.7 Å². The Bertz CT molecular complexity index is 633. The molecule has 0 aliphatic heterocycles. The lowest BCUT2D eigenvalue weighted by Gasteiger charge is -2.08. The first-order chi connectivity index (χ1) is 9.99. The number of benzene rings is 2. The molecule has 0 radical (unpaired) electrons. The van der Waals surface area contributed by atoms with Gasteiger partial charge in [0.15, 0.2) is 0 Å². The zero-order chi connectivity index (χ0) is 15.4. The quantitative estimate of drug-likeness (QED) is 0.847. The lowest BCUT2D eigenvalue weighted by molar-refractivity contribution is 0.0600. The number of rotatable bonds is 4. The maximum Gasteiger partial charge on any atom is 0.338 e. The molecule has 0 atom stereocenters. The Labute approximate surface area is 129 Å². The van der Waals surface area contributed by atoms with Gasteiger partial charge in [0.05, 0.1) is 12.7 Å². The molecule has 0 aliphatic carbocycles. The highest BCUT2D eigenvalue weighted by Gasteiger charge is 2.09. The summed E-state index contributed by atoms with van der Waals surface area (Å²) in [6.45, 7) is 4.31. The van der Waals surface area contributed by atoms with Gasteiger partial charge in [-0.25, -0.2) is 4.79 Å². The molecule has 0 bridgehead atoms. The first-order valence-corrected chi connectivity index (χ1v) is 7.51. The molecule has 110 valence electrons. The third kappa shape index (κ3) is 4.02. The fourth-order valence-corrected chi connectivity index (χ4v) is 2.84. The predicted octanol–water partition coefficient (Wildman–Crippen LogP) is 4.45. The van der Waals surface area contributed by atoms with Crippen molar-refractivity contribution in [3.8, 4) is 5.75 Å². The molecule has 21 heavy (non-hydrogen) atoms. The SMILES string of the molecule is COC(=O)c1cc(O)cc(Sc2ccc(C(C)C)cc2)c1. The van der Waals surface area contributed by atoms with Crippen molar-refractivity contribution in [2.75, 3.05) is 7.11 Å². The Morgan fingerprint density at radius 1 is 1.10 bits per heavy atom. The second-order valence-electron chi connectivity index (χ2n) is 5.03. The highest BCUT2D eigenvalue weighted by molar-refractivity contribution is 7.99.